The van der Waals surface area contributed by atoms with E-state index in [0.29, 0.717) is 12.1 Å². The third kappa shape index (κ3) is 5.56. The lowest BCUT2D eigenvalue weighted by Gasteiger charge is -2.24. The van der Waals surface area contributed by atoms with Gasteiger partial charge >= 0.3 is 0 Å². The Morgan fingerprint density at radius 1 is 1.12 bits per heavy atom. The van der Waals surface area contributed by atoms with Gasteiger partial charge in [0.2, 0.25) is 0 Å². The highest BCUT2D eigenvalue weighted by molar-refractivity contribution is 7.92. The first-order valence-corrected chi connectivity index (χ1v) is 10.2. The molecule has 0 aliphatic carbocycles. The van der Waals surface area contributed by atoms with Crippen molar-refractivity contribution >= 4 is 15.5 Å². The Balaban J connectivity index is 1.99. The molecule has 0 bridgehead atoms. The Bertz CT molecular complexity index is 792. The molecule has 2 atom stereocenters. The molecule has 2 aromatic rings. The zero-order valence-corrected chi connectivity index (χ0v) is 16.0. The molecule has 0 heterocycles. The van der Waals surface area contributed by atoms with E-state index in [4.69, 9.17) is 5.73 Å². The van der Waals surface area contributed by atoms with Crippen LogP contribution in [0.15, 0.2) is 59.5 Å². The summed E-state index contributed by atoms with van der Waals surface area (Å²) in [6.45, 7) is 3.83. The molecule has 0 saturated carbocycles. The molecule has 0 saturated heterocycles. The van der Waals surface area contributed by atoms with Gasteiger partial charge in [0.15, 0.2) is 9.84 Å². The predicted octanol–water partition coefficient (Wildman–Crippen LogP) is 2.42. The maximum Gasteiger partial charge on any atom is 0.194 e. The summed E-state index contributed by atoms with van der Waals surface area (Å²) in [4.78, 5) is 0.187. The van der Waals surface area contributed by atoms with E-state index in [9.17, 15) is 13.5 Å². The molecule has 0 aromatic heterocycles. The number of nitrogens with one attached hydrogen (secondary N) is 1. The Kier molecular flexibility index (Phi) is 7.20. The van der Waals surface area contributed by atoms with Gasteiger partial charge in [-0.05, 0) is 42.5 Å². The lowest BCUT2D eigenvalue weighted by atomic mass is 10.1. The number of benzene rings is 2. The van der Waals surface area contributed by atoms with E-state index < -0.39 is 21.3 Å². The number of sulfone groups is 1. The zero-order chi connectivity index (χ0) is 19.2. The molecule has 141 valence electrons. The molecule has 5 nitrogen and oxygen atoms in total. The molecule has 0 amide bonds. The number of aliphatic hydroxyl groups is 1. The lowest BCUT2D eigenvalue weighted by Crippen LogP contribution is -2.44. The summed E-state index contributed by atoms with van der Waals surface area (Å²) in [6, 6.07) is 16.1. The Labute approximate surface area is 156 Å². The van der Waals surface area contributed by atoms with Gasteiger partial charge in [-0.3, -0.25) is 5.32 Å². The summed E-state index contributed by atoms with van der Waals surface area (Å²) >= 11 is 0. The fourth-order valence-corrected chi connectivity index (χ4v) is 4.64. The van der Waals surface area contributed by atoms with Crippen molar-refractivity contribution in [2.24, 2.45) is 5.92 Å². The first-order valence-electron chi connectivity index (χ1n) is 8.69. The Morgan fingerprint density at radius 3 is 2.42 bits per heavy atom. The minimum Gasteiger partial charge on any atom is -0.399 e. The zero-order valence-electron chi connectivity index (χ0n) is 15.2. The van der Waals surface area contributed by atoms with Crippen molar-refractivity contribution in [3.8, 4) is 0 Å². The molecule has 26 heavy (non-hydrogen) atoms. The first-order chi connectivity index (χ1) is 12.3. The second-order valence-electron chi connectivity index (χ2n) is 6.68. The summed E-state index contributed by atoms with van der Waals surface area (Å²) < 4.78 is 25.8. The maximum absolute atomic E-state index is 12.9. The number of aliphatic hydroxyl groups excluding tert-OH is 1. The molecule has 1 radical (unpaired) electrons. The fourth-order valence-electron chi connectivity index (χ4n) is 2.75. The van der Waals surface area contributed by atoms with Gasteiger partial charge < -0.3 is 10.8 Å². The molecule has 4 N–H and O–H groups in total. The number of hydrogen-bond acceptors (Lipinski definition) is 5. The van der Waals surface area contributed by atoms with E-state index in [2.05, 4.69) is 5.32 Å². The van der Waals surface area contributed by atoms with E-state index in [-0.39, 0.29) is 17.4 Å². The Morgan fingerprint density at radius 2 is 1.81 bits per heavy atom. The number of anilines is 1. The monoisotopic (exact) mass is 375 g/mol. The third-order valence-electron chi connectivity index (χ3n) is 4.12. The van der Waals surface area contributed by atoms with Crippen LogP contribution in [0.3, 0.4) is 0 Å². The molecule has 0 aliphatic heterocycles. The van der Waals surface area contributed by atoms with Crippen molar-refractivity contribution in [1.29, 1.82) is 0 Å². The van der Waals surface area contributed by atoms with Crippen molar-refractivity contribution < 1.29 is 13.5 Å². The van der Waals surface area contributed by atoms with Crippen LogP contribution < -0.4 is 11.1 Å². The van der Waals surface area contributed by atoms with E-state index in [1.165, 1.54) is 6.07 Å². The summed E-state index contributed by atoms with van der Waals surface area (Å²) in [5.41, 5.74) is 7.22. The van der Waals surface area contributed by atoms with Crippen molar-refractivity contribution in [2.45, 2.75) is 36.6 Å². The van der Waals surface area contributed by atoms with E-state index in [1.807, 2.05) is 44.2 Å². The van der Waals surface area contributed by atoms with Crippen LogP contribution in [0.5, 0.6) is 0 Å². The van der Waals surface area contributed by atoms with Gasteiger partial charge in [0.05, 0.1) is 11.0 Å². The van der Waals surface area contributed by atoms with Gasteiger partial charge in [0.1, 0.15) is 5.37 Å². The summed E-state index contributed by atoms with van der Waals surface area (Å²) in [7, 11) is -3.60. The largest absolute Gasteiger partial charge is 0.399 e. The second kappa shape index (κ2) is 9.16. The van der Waals surface area contributed by atoms with Crippen LogP contribution >= 0.6 is 0 Å². The van der Waals surface area contributed by atoms with Gasteiger partial charge in [0, 0.05) is 12.2 Å². The molecular weight excluding hydrogens is 348 g/mol. The van der Waals surface area contributed by atoms with Gasteiger partial charge in [-0.25, -0.2) is 8.42 Å². The summed E-state index contributed by atoms with van der Waals surface area (Å²) in [6.07, 6.45) is 1.65. The number of rotatable bonds is 9. The molecule has 2 rings (SSSR count). The maximum atomic E-state index is 12.9. The second-order valence-corrected chi connectivity index (χ2v) is 8.75. The smallest absolute Gasteiger partial charge is 0.194 e. The molecule has 2 aromatic carbocycles. The minimum atomic E-state index is -3.60. The van der Waals surface area contributed by atoms with Crippen LogP contribution in [-0.2, 0) is 16.3 Å². The van der Waals surface area contributed by atoms with E-state index >= 15 is 0 Å². The highest BCUT2D eigenvalue weighted by Gasteiger charge is 2.30. The molecule has 6 heteroatoms. The van der Waals surface area contributed by atoms with Crippen LogP contribution in [0.2, 0.25) is 0 Å². The van der Waals surface area contributed by atoms with Crippen molar-refractivity contribution in [2.75, 3.05) is 12.3 Å². The van der Waals surface area contributed by atoms with Crippen LogP contribution in [0.4, 0.5) is 5.69 Å². The number of hydrogen-bond donors (Lipinski definition) is 3. The predicted molar refractivity (Wildman–Crippen MR) is 105 cm³/mol. The highest BCUT2D eigenvalue weighted by atomic mass is 32.2. The summed E-state index contributed by atoms with van der Waals surface area (Å²) in [5.74, 6) is -0.164. The highest BCUT2D eigenvalue weighted by Crippen LogP contribution is 2.21. The normalized spacial score (nSPS) is 14.3. The molecular formula is C20H27N2O3S. The first kappa shape index (κ1) is 20.4. The quantitative estimate of drug-likeness (QED) is 0.586. The molecule has 0 fully saturated rings. The van der Waals surface area contributed by atoms with Gasteiger partial charge in [-0.1, -0.05) is 50.2 Å². The molecule has 0 spiro atoms. The van der Waals surface area contributed by atoms with Crippen molar-refractivity contribution in [3.63, 3.8) is 0 Å². The minimum absolute atomic E-state index is 0.164. The van der Waals surface area contributed by atoms with E-state index in [0.717, 1.165) is 5.56 Å². The van der Waals surface area contributed by atoms with Crippen LogP contribution in [0, 0.1) is 12.3 Å². The topological polar surface area (TPSA) is 92.4 Å². The molecule has 0 unspecified atom stereocenters. The van der Waals surface area contributed by atoms with Crippen molar-refractivity contribution in [1.82, 2.24) is 5.32 Å². The van der Waals surface area contributed by atoms with Crippen LogP contribution in [0.1, 0.15) is 19.4 Å². The van der Waals surface area contributed by atoms with Gasteiger partial charge in [0.25, 0.3) is 0 Å². The fraction of sp³-hybridized carbons (Fsp3) is 0.350. The SMILES string of the molecule is CC(C)[C@@H](NC[C@H](O)[CH]Cc1ccccc1)S(=O)(=O)c1cccc(N)c1. The van der Waals surface area contributed by atoms with Gasteiger partial charge in [-0.15, -0.1) is 0 Å². The van der Waals surface area contributed by atoms with Crippen molar-refractivity contribution in [3.05, 3.63) is 66.6 Å². The Hall–Kier alpha value is -1.89. The third-order valence-corrected chi connectivity index (χ3v) is 6.41. The van der Waals surface area contributed by atoms with Crippen LogP contribution in [-0.4, -0.2) is 31.5 Å². The number of nitrogen functional groups attached to an aromatic ring is 1. The van der Waals surface area contributed by atoms with Crippen LogP contribution in [0.25, 0.3) is 0 Å². The standard InChI is InChI=1S/C20H27N2O3S/c1-15(2)20(26(24,25)19-10-6-9-17(21)13-19)22-14-18(23)12-11-16-7-4-3-5-8-16/h3-10,12-13,15,18,20,22-23H,11,14,21H2,1-2H3/t18-,20+/m1/s1. The summed E-state index contributed by atoms with van der Waals surface area (Å²) in [5, 5.41) is 12.4. The van der Waals surface area contributed by atoms with Gasteiger partial charge in [-0.2, -0.15) is 0 Å². The molecule has 0 aliphatic rings. The lowest BCUT2D eigenvalue weighted by molar-refractivity contribution is 0.196. The average molecular weight is 376 g/mol. The van der Waals surface area contributed by atoms with E-state index in [1.54, 1.807) is 24.6 Å². The number of nitrogens with two attached hydrogens (primary N) is 1. The average Bonchev–Trinajstić information content (AvgIpc) is 2.60.